The van der Waals surface area contributed by atoms with Gasteiger partial charge in [-0.3, -0.25) is 0 Å². The van der Waals surface area contributed by atoms with Crippen molar-refractivity contribution in [1.29, 1.82) is 0 Å². The second-order valence-corrected chi connectivity index (χ2v) is 3.43. The lowest BCUT2D eigenvalue weighted by molar-refractivity contribution is 0.0803. The van der Waals surface area contributed by atoms with Crippen molar-refractivity contribution < 1.29 is 10.2 Å². The maximum atomic E-state index is 9.24. The quantitative estimate of drug-likeness (QED) is 0.710. The van der Waals surface area contributed by atoms with Gasteiger partial charge in [0.2, 0.25) is 0 Å². The summed E-state index contributed by atoms with van der Waals surface area (Å²) in [6.07, 6.45) is 2.82. The van der Waals surface area contributed by atoms with Crippen LogP contribution >= 0.6 is 0 Å². The van der Waals surface area contributed by atoms with E-state index in [0.717, 1.165) is 5.82 Å². The van der Waals surface area contributed by atoms with Crippen molar-refractivity contribution in [2.45, 2.75) is 32.4 Å². The van der Waals surface area contributed by atoms with Crippen LogP contribution in [-0.2, 0) is 6.54 Å². The predicted molar refractivity (Wildman–Crippen MR) is 49.4 cm³/mol. The van der Waals surface area contributed by atoms with Crippen molar-refractivity contribution >= 4 is 0 Å². The maximum absolute atomic E-state index is 9.24. The van der Waals surface area contributed by atoms with Gasteiger partial charge in [-0.25, -0.2) is 4.98 Å². The van der Waals surface area contributed by atoms with Crippen LogP contribution in [0.25, 0.3) is 0 Å². The molecule has 0 amide bonds. The smallest absolute Gasteiger partial charge is 0.111 e. The lowest BCUT2D eigenvalue weighted by Crippen LogP contribution is -2.21. The van der Waals surface area contributed by atoms with Gasteiger partial charge in [0.25, 0.3) is 0 Å². The molecule has 0 fully saturated rings. The van der Waals surface area contributed by atoms with Crippen LogP contribution in [0.1, 0.15) is 25.6 Å². The number of nitrogens with zero attached hydrogens (tertiary/aromatic N) is 2. The van der Waals surface area contributed by atoms with Crippen molar-refractivity contribution in [2.24, 2.45) is 0 Å². The predicted octanol–water partition coefficient (Wildman–Crippen LogP) is 0.360. The third-order valence-electron chi connectivity index (χ3n) is 1.88. The molecule has 0 aromatic carbocycles. The molecule has 0 spiro atoms. The second-order valence-electron chi connectivity index (χ2n) is 3.43. The van der Waals surface area contributed by atoms with Crippen molar-refractivity contribution in [3.05, 3.63) is 18.2 Å². The minimum Gasteiger partial charge on any atom is -0.394 e. The van der Waals surface area contributed by atoms with Gasteiger partial charge in [0.1, 0.15) is 5.82 Å². The van der Waals surface area contributed by atoms with Crippen LogP contribution in [0.4, 0.5) is 0 Å². The minimum absolute atomic E-state index is 0.213. The molecule has 74 valence electrons. The molecule has 2 N–H and O–H groups in total. The maximum Gasteiger partial charge on any atom is 0.111 e. The normalized spacial score (nSPS) is 13.6. The van der Waals surface area contributed by atoms with Gasteiger partial charge in [-0.15, -0.1) is 0 Å². The summed E-state index contributed by atoms with van der Waals surface area (Å²) in [5, 5.41) is 17.9. The number of hydrogen-bond acceptors (Lipinski definition) is 3. The summed E-state index contributed by atoms with van der Waals surface area (Å²) >= 11 is 0. The van der Waals surface area contributed by atoms with Crippen LogP contribution < -0.4 is 0 Å². The standard InChI is InChI=1S/C9H16N2O2/c1-7(2)9-10-3-4-11(9)5-8(13)6-12/h3-4,7-8,12-13H,5-6H2,1-2H3. The third kappa shape index (κ3) is 2.54. The van der Waals surface area contributed by atoms with Crippen LogP contribution in [0.2, 0.25) is 0 Å². The molecular formula is C9H16N2O2. The van der Waals surface area contributed by atoms with Crippen LogP contribution in [-0.4, -0.2) is 32.5 Å². The van der Waals surface area contributed by atoms with Crippen molar-refractivity contribution in [1.82, 2.24) is 9.55 Å². The lowest BCUT2D eigenvalue weighted by Gasteiger charge is -2.12. The zero-order valence-corrected chi connectivity index (χ0v) is 8.01. The van der Waals surface area contributed by atoms with Crippen LogP contribution in [0.15, 0.2) is 12.4 Å². The van der Waals surface area contributed by atoms with Crippen molar-refractivity contribution in [2.75, 3.05) is 6.61 Å². The van der Waals surface area contributed by atoms with E-state index in [1.54, 1.807) is 6.20 Å². The molecule has 13 heavy (non-hydrogen) atoms. The fourth-order valence-corrected chi connectivity index (χ4v) is 1.26. The molecule has 1 heterocycles. The van der Waals surface area contributed by atoms with Gasteiger partial charge in [0.05, 0.1) is 19.3 Å². The van der Waals surface area contributed by atoms with E-state index in [0.29, 0.717) is 12.5 Å². The van der Waals surface area contributed by atoms with Gasteiger partial charge in [0.15, 0.2) is 0 Å². The molecule has 0 saturated heterocycles. The summed E-state index contributed by atoms with van der Waals surface area (Å²) in [4.78, 5) is 4.17. The lowest BCUT2D eigenvalue weighted by atomic mass is 10.2. The molecule has 1 rings (SSSR count). The molecule has 0 aliphatic carbocycles. The molecule has 0 aliphatic heterocycles. The topological polar surface area (TPSA) is 58.3 Å². The fourth-order valence-electron chi connectivity index (χ4n) is 1.26. The van der Waals surface area contributed by atoms with E-state index < -0.39 is 6.10 Å². The van der Waals surface area contributed by atoms with Crippen molar-refractivity contribution in [3.63, 3.8) is 0 Å². The van der Waals surface area contributed by atoms with E-state index in [1.165, 1.54) is 0 Å². The van der Waals surface area contributed by atoms with Gasteiger partial charge in [0, 0.05) is 18.3 Å². The Balaban J connectivity index is 2.70. The zero-order chi connectivity index (χ0) is 9.84. The molecule has 4 nitrogen and oxygen atoms in total. The van der Waals surface area contributed by atoms with E-state index in [4.69, 9.17) is 5.11 Å². The van der Waals surface area contributed by atoms with E-state index in [2.05, 4.69) is 4.98 Å². The largest absolute Gasteiger partial charge is 0.394 e. The second kappa shape index (κ2) is 4.39. The number of imidazole rings is 1. The molecule has 0 bridgehead atoms. The van der Waals surface area contributed by atoms with Gasteiger partial charge < -0.3 is 14.8 Å². The molecular weight excluding hydrogens is 168 g/mol. The summed E-state index contributed by atoms with van der Waals surface area (Å²) in [5.41, 5.74) is 0. The molecule has 1 atom stereocenters. The first-order valence-electron chi connectivity index (χ1n) is 4.45. The highest BCUT2D eigenvalue weighted by atomic mass is 16.3. The Kier molecular flexibility index (Phi) is 3.45. The Morgan fingerprint density at radius 2 is 2.23 bits per heavy atom. The Hall–Kier alpha value is -0.870. The first-order valence-corrected chi connectivity index (χ1v) is 4.45. The summed E-state index contributed by atoms with van der Waals surface area (Å²) in [5.74, 6) is 1.27. The molecule has 0 saturated carbocycles. The highest BCUT2D eigenvalue weighted by Gasteiger charge is 2.09. The highest BCUT2D eigenvalue weighted by Crippen LogP contribution is 2.11. The average Bonchev–Trinajstić information content (AvgIpc) is 2.52. The van der Waals surface area contributed by atoms with Gasteiger partial charge in [-0.1, -0.05) is 13.8 Å². The van der Waals surface area contributed by atoms with Gasteiger partial charge in [-0.05, 0) is 0 Å². The van der Waals surface area contributed by atoms with Gasteiger partial charge in [-0.2, -0.15) is 0 Å². The van der Waals surface area contributed by atoms with E-state index in [1.807, 2.05) is 24.6 Å². The monoisotopic (exact) mass is 184 g/mol. The van der Waals surface area contributed by atoms with Crippen molar-refractivity contribution in [3.8, 4) is 0 Å². The minimum atomic E-state index is -0.702. The Morgan fingerprint density at radius 1 is 1.54 bits per heavy atom. The first kappa shape index (κ1) is 10.2. The molecule has 1 aromatic rings. The Labute approximate surface area is 77.8 Å². The fraction of sp³-hybridized carbons (Fsp3) is 0.667. The number of rotatable bonds is 4. The summed E-state index contributed by atoms with van der Waals surface area (Å²) in [6.45, 7) is 4.29. The summed E-state index contributed by atoms with van der Waals surface area (Å²) < 4.78 is 1.87. The molecule has 0 radical (unpaired) electrons. The molecule has 0 aliphatic rings. The molecule has 1 aromatic heterocycles. The number of aliphatic hydroxyl groups excluding tert-OH is 2. The van der Waals surface area contributed by atoms with Crippen LogP contribution in [0, 0.1) is 0 Å². The Morgan fingerprint density at radius 3 is 2.77 bits per heavy atom. The van der Waals surface area contributed by atoms with Crippen LogP contribution in [0.3, 0.4) is 0 Å². The third-order valence-corrected chi connectivity index (χ3v) is 1.88. The number of aliphatic hydroxyl groups is 2. The molecule has 1 unspecified atom stereocenters. The summed E-state index contributed by atoms with van der Waals surface area (Å²) in [6, 6.07) is 0. The van der Waals surface area contributed by atoms with Gasteiger partial charge >= 0.3 is 0 Å². The van der Waals surface area contributed by atoms with E-state index in [9.17, 15) is 5.11 Å². The SMILES string of the molecule is CC(C)c1nccn1CC(O)CO. The van der Waals surface area contributed by atoms with Crippen LogP contribution in [0.5, 0.6) is 0 Å². The molecule has 4 heteroatoms. The average molecular weight is 184 g/mol. The summed E-state index contributed by atoms with van der Waals surface area (Å²) in [7, 11) is 0. The first-order chi connectivity index (χ1) is 6.15. The number of aromatic nitrogens is 2. The highest BCUT2D eigenvalue weighted by molar-refractivity contribution is 4.97. The Bertz CT molecular complexity index is 258. The zero-order valence-electron chi connectivity index (χ0n) is 8.01. The van der Waals surface area contributed by atoms with E-state index in [-0.39, 0.29) is 6.61 Å². The number of hydrogen-bond donors (Lipinski definition) is 2. The van der Waals surface area contributed by atoms with E-state index >= 15 is 0 Å².